The van der Waals surface area contributed by atoms with E-state index in [2.05, 4.69) is 59.5 Å². The normalized spacial score (nSPS) is 16.3. The Labute approximate surface area is 232 Å². The smallest absolute Gasteiger partial charge is 0.407 e. The number of pyridine rings is 1. The second kappa shape index (κ2) is 10.1. The van der Waals surface area contributed by atoms with Gasteiger partial charge in [0.05, 0.1) is 23.1 Å². The number of aromatic nitrogens is 3. The number of fused-ring (bicyclic) bond motifs is 1. The first-order chi connectivity index (χ1) is 18.1. The molecule has 1 N–H and O–H groups in total. The van der Waals surface area contributed by atoms with Gasteiger partial charge >= 0.3 is 6.09 Å². The molecule has 4 aromatic rings. The highest BCUT2D eigenvalue weighted by atomic mass is 35.5. The van der Waals surface area contributed by atoms with Crippen molar-refractivity contribution in [3.63, 3.8) is 0 Å². The standard InChI is InChI=1S/C28H33ClN6O2S/c1-6-21-25(32(5)26-31-22(17-38-26)18-7-9-19(29)10-8-18)35-15-20(11-12-24(35)30-21)33-13-14-34(27(36)37)23(16-33)28(2,3)4/h7-12,15,17,23H,6,13-14,16H2,1-5H3,(H,36,37). The van der Waals surface area contributed by atoms with Crippen LogP contribution in [0.25, 0.3) is 16.9 Å². The van der Waals surface area contributed by atoms with Crippen molar-refractivity contribution in [3.05, 3.63) is 58.7 Å². The summed E-state index contributed by atoms with van der Waals surface area (Å²) < 4.78 is 2.13. The Bertz CT molecular complexity index is 1460. The van der Waals surface area contributed by atoms with E-state index in [1.807, 2.05) is 37.4 Å². The number of imidazole rings is 1. The molecule has 1 aliphatic rings. The van der Waals surface area contributed by atoms with Crippen molar-refractivity contribution in [3.8, 4) is 11.3 Å². The Balaban J connectivity index is 1.49. The van der Waals surface area contributed by atoms with Crippen LogP contribution >= 0.6 is 22.9 Å². The first-order valence-electron chi connectivity index (χ1n) is 12.8. The van der Waals surface area contributed by atoms with Gasteiger partial charge in [0.1, 0.15) is 11.5 Å². The number of thiazole rings is 1. The second-order valence-electron chi connectivity index (χ2n) is 10.7. The van der Waals surface area contributed by atoms with Gasteiger partial charge in [-0.25, -0.2) is 14.8 Å². The second-order valence-corrected chi connectivity index (χ2v) is 12.0. The maximum atomic E-state index is 11.9. The summed E-state index contributed by atoms with van der Waals surface area (Å²) in [6.07, 6.45) is 2.06. The van der Waals surface area contributed by atoms with E-state index in [0.29, 0.717) is 24.7 Å². The Morgan fingerprint density at radius 1 is 1.16 bits per heavy atom. The molecule has 0 spiro atoms. The van der Waals surface area contributed by atoms with Gasteiger partial charge in [-0.05, 0) is 36.1 Å². The quantitative estimate of drug-likeness (QED) is 0.298. The van der Waals surface area contributed by atoms with Crippen molar-refractivity contribution < 1.29 is 9.90 Å². The van der Waals surface area contributed by atoms with Gasteiger partial charge in [0, 0.05) is 48.8 Å². The molecule has 8 nitrogen and oxygen atoms in total. The summed E-state index contributed by atoms with van der Waals surface area (Å²) >= 11 is 7.65. The van der Waals surface area contributed by atoms with Gasteiger partial charge < -0.3 is 19.8 Å². The van der Waals surface area contributed by atoms with E-state index in [9.17, 15) is 9.90 Å². The van der Waals surface area contributed by atoms with Crippen molar-refractivity contribution in [1.29, 1.82) is 0 Å². The molecular formula is C28H33ClN6O2S. The lowest BCUT2D eigenvalue weighted by Crippen LogP contribution is -2.59. The van der Waals surface area contributed by atoms with E-state index >= 15 is 0 Å². The number of halogens is 1. The predicted molar refractivity (Wildman–Crippen MR) is 155 cm³/mol. The van der Waals surface area contributed by atoms with Gasteiger partial charge in [-0.1, -0.05) is 51.4 Å². The molecule has 1 amide bonds. The molecule has 1 unspecified atom stereocenters. The number of carbonyl (C=O) groups is 1. The molecule has 200 valence electrons. The fourth-order valence-electron chi connectivity index (χ4n) is 5.10. The number of anilines is 3. The Morgan fingerprint density at radius 2 is 1.89 bits per heavy atom. The number of amides is 1. The van der Waals surface area contributed by atoms with E-state index in [1.54, 1.807) is 16.2 Å². The zero-order valence-electron chi connectivity index (χ0n) is 22.3. The number of hydrogen-bond acceptors (Lipinski definition) is 6. The third-order valence-corrected chi connectivity index (χ3v) is 8.38. The first kappa shape index (κ1) is 26.3. The van der Waals surface area contributed by atoms with Crippen LogP contribution in [-0.2, 0) is 6.42 Å². The third-order valence-electron chi connectivity index (χ3n) is 7.21. The van der Waals surface area contributed by atoms with E-state index in [4.69, 9.17) is 21.6 Å². The van der Waals surface area contributed by atoms with E-state index in [1.165, 1.54) is 0 Å². The number of aryl methyl sites for hydroxylation is 1. The van der Waals surface area contributed by atoms with Gasteiger partial charge in [-0.15, -0.1) is 11.3 Å². The molecule has 0 bridgehead atoms. The number of carboxylic acid groups (broad SMARTS) is 1. The highest BCUT2D eigenvalue weighted by Crippen LogP contribution is 2.35. The number of rotatable bonds is 5. The number of nitrogens with zero attached hydrogens (tertiary/aromatic N) is 6. The molecule has 1 saturated heterocycles. The van der Waals surface area contributed by atoms with Gasteiger partial charge in [0.15, 0.2) is 5.13 Å². The Morgan fingerprint density at radius 3 is 2.55 bits per heavy atom. The summed E-state index contributed by atoms with van der Waals surface area (Å²) in [5.41, 5.74) is 4.67. The van der Waals surface area contributed by atoms with E-state index < -0.39 is 6.09 Å². The molecular weight excluding hydrogens is 520 g/mol. The van der Waals surface area contributed by atoms with Gasteiger partial charge in [-0.3, -0.25) is 4.40 Å². The van der Waals surface area contributed by atoms with Crippen LogP contribution in [-0.4, -0.2) is 63.2 Å². The summed E-state index contributed by atoms with van der Waals surface area (Å²) in [5.74, 6) is 0.984. The van der Waals surface area contributed by atoms with Gasteiger partial charge in [0.25, 0.3) is 0 Å². The predicted octanol–water partition coefficient (Wildman–Crippen LogP) is 6.66. The SMILES string of the molecule is CCc1nc2ccc(N3CCN(C(=O)O)C(C(C)(C)C)C3)cn2c1N(C)c1nc(-c2ccc(Cl)cc2)cs1. The molecule has 0 aliphatic carbocycles. The summed E-state index contributed by atoms with van der Waals surface area (Å²) in [6, 6.07) is 11.7. The van der Waals surface area contributed by atoms with Crippen molar-refractivity contribution in [2.75, 3.05) is 36.5 Å². The van der Waals surface area contributed by atoms with Crippen molar-refractivity contribution in [1.82, 2.24) is 19.3 Å². The molecule has 10 heteroatoms. The van der Waals surface area contributed by atoms with E-state index in [0.717, 1.165) is 45.7 Å². The minimum Gasteiger partial charge on any atom is -0.465 e. The minimum absolute atomic E-state index is 0.109. The molecule has 5 rings (SSSR count). The maximum absolute atomic E-state index is 11.9. The van der Waals surface area contributed by atoms with Crippen molar-refractivity contribution in [2.45, 2.75) is 40.2 Å². The van der Waals surface area contributed by atoms with Crippen molar-refractivity contribution in [2.24, 2.45) is 5.41 Å². The minimum atomic E-state index is -0.854. The molecule has 3 aromatic heterocycles. The van der Waals surface area contributed by atoms with Crippen LogP contribution in [0.15, 0.2) is 48.0 Å². The summed E-state index contributed by atoms with van der Waals surface area (Å²) in [6.45, 7) is 10.2. The van der Waals surface area contributed by atoms with Crippen LogP contribution in [0.1, 0.15) is 33.4 Å². The average molecular weight is 553 g/mol. The van der Waals surface area contributed by atoms with Crippen LogP contribution in [0.3, 0.4) is 0 Å². The summed E-state index contributed by atoms with van der Waals surface area (Å²) in [4.78, 5) is 27.7. The van der Waals surface area contributed by atoms with Gasteiger partial charge in [-0.2, -0.15) is 0 Å². The summed E-state index contributed by atoms with van der Waals surface area (Å²) in [7, 11) is 2.03. The zero-order chi connectivity index (χ0) is 27.2. The third kappa shape index (κ3) is 4.92. The molecule has 1 aromatic carbocycles. The number of piperazine rings is 1. The largest absolute Gasteiger partial charge is 0.465 e. The van der Waals surface area contributed by atoms with Crippen molar-refractivity contribution >= 4 is 51.3 Å². The van der Waals surface area contributed by atoms with Crippen LogP contribution in [0.5, 0.6) is 0 Å². The maximum Gasteiger partial charge on any atom is 0.407 e. The lowest BCUT2D eigenvalue weighted by atomic mass is 9.84. The molecule has 1 atom stereocenters. The number of hydrogen-bond donors (Lipinski definition) is 1. The topological polar surface area (TPSA) is 77.2 Å². The molecule has 0 saturated carbocycles. The molecule has 38 heavy (non-hydrogen) atoms. The molecule has 1 aliphatic heterocycles. The Hall–Kier alpha value is -3.30. The summed E-state index contributed by atoms with van der Waals surface area (Å²) in [5, 5.41) is 13.4. The van der Waals surface area contributed by atoms with Gasteiger partial charge in [0.2, 0.25) is 0 Å². The Kier molecular flexibility index (Phi) is 7.00. The van der Waals surface area contributed by atoms with Crippen LogP contribution in [0.2, 0.25) is 5.02 Å². The highest BCUT2D eigenvalue weighted by molar-refractivity contribution is 7.14. The lowest BCUT2D eigenvalue weighted by molar-refractivity contribution is 0.0748. The first-order valence-corrected chi connectivity index (χ1v) is 14.0. The van der Waals surface area contributed by atoms with Crippen LogP contribution in [0, 0.1) is 5.41 Å². The lowest BCUT2D eigenvalue weighted by Gasteiger charge is -2.46. The van der Waals surface area contributed by atoms with Crippen LogP contribution in [0.4, 0.5) is 21.4 Å². The van der Waals surface area contributed by atoms with E-state index in [-0.39, 0.29) is 11.5 Å². The molecule has 4 heterocycles. The molecule has 1 fully saturated rings. The van der Waals surface area contributed by atoms with Crippen LogP contribution < -0.4 is 9.80 Å². The average Bonchev–Trinajstić information content (AvgIpc) is 3.52. The monoisotopic (exact) mass is 552 g/mol. The fourth-order valence-corrected chi connectivity index (χ4v) is 6.03. The fraction of sp³-hybridized carbons (Fsp3) is 0.393. The highest BCUT2D eigenvalue weighted by Gasteiger charge is 2.38. The zero-order valence-corrected chi connectivity index (χ0v) is 23.9. The molecule has 0 radical (unpaired) electrons. The number of benzene rings is 1.